The third kappa shape index (κ3) is 2.87. The van der Waals surface area contributed by atoms with E-state index in [1.165, 1.54) is 16.8 Å². The van der Waals surface area contributed by atoms with Crippen molar-refractivity contribution < 1.29 is 4.39 Å². The fourth-order valence-corrected chi connectivity index (χ4v) is 2.22. The van der Waals surface area contributed by atoms with Crippen LogP contribution >= 0.6 is 12.2 Å². The first kappa shape index (κ1) is 14.3. The first-order valence-corrected chi connectivity index (χ1v) is 7.09. The van der Waals surface area contributed by atoms with Gasteiger partial charge in [0.2, 0.25) is 4.77 Å². The average Bonchev–Trinajstić information content (AvgIpc) is 2.88. The number of aromatic nitrogens is 3. The van der Waals surface area contributed by atoms with Crippen molar-refractivity contribution in [1.29, 1.82) is 0 Å². The van der Waals surface area contributed by atoms with E-state index < -0.39 is 0 Å². The number of nitrogens with one attached hydrogen (secondary N) is 1. The van der Waals surface area contributed by atoms with E-state index in [-0.39, 0.29) is 5.82 Å². The van der Waals surface area contributed by atoms with Gasteiger partial charge in [-0.25, -0.2) is 9.49 Å². The Morgan fingerprint density at radius 1 is 1.18 bits per heavy atom. The minimum Gasteiger partial charge on any atom is -0.250 e. The third-order valence-corrected chi connectivity index (χ3v) is 3.52. The highest BCUT2D eigenvalue weighted by molar-refractivity contribution is 7.71. The smallest absolute Gasteiger partial charge is 0.216 e. The second-order valence-electron chi connectivity index (χ2n) is 4.77. The first-order valence-electron chi connectivity index (χ1n) is 6.68. The molecule has 1 heterocycles. The molecule has 0 atom stereocenters. The number of aromatic amines is 1. The van der Waals surface area contributed by atoms with Crippen molar-refractivity contribution in [2.75, 3.05) is 0 Å². The fourth-order valence-electron chi connectivity index (χ4n) is 2.04. The van der Waals surface area contributed by atoms with Gasteiger partial charge >= 0.3 is 0 Å². The second-order valence-corrected chi connectivity index (χ2v) is 5.16. The predicted octanol–water partition coefficient (Wildman–Crippen LogP) is 3.94. The lowest BCUT2D eigenvalue weighted by Gasteiger charge is -2.02. The maximum atomic E-state index is 13.0. The molecule has 3 aromatic rings. The van der Waals surface area contributed by atoms with E-state index in [0.29, 0.717) is 10.6 Å². The van der Waals surface area contributed by atoms with Crippen LogP contribution in [0.5, 0.6) is 0 Å². The van der Waals surface area contributed by atoms with E-state index in [2.05, 4.69) is 15.3 Å². The van der Waals surface area contributed by atoms with Gasteiger partial charge < -0.3 is 0 Å². The van der Waals surface area contributed by atoms with Gasteiger partial charge in [-0.15, -0.1) is 0 Å². The molecule has 0 aliphatic rings. The van der Waals surface area contributed by atoms with Crippen LogP contribution in [0.3, 0.4) is 0 Å². The number of aryl methyl sites for hydroxylation is 1. The maximum Gasteiger partial charge on any atom is 0.216 e. The zero-order valence-corrected chi connectivity index (χ0v) is 12.6. The quantitative estimate of drug-likeness (QED) is 0.588. The van der Waals surface area contributed by atoms with Gasteiger partial charge in [0.1, 0.15) is 5.82 Å². The van der Waals surface area contributed by atoms with Crippen molar-refractivity contribution in [3.8, 4) is 11.4 Å². The van der Waals surface area contributed by atoms with Crippen LogP contribution in [0.1, 0.15) is 11.1 Å². The SMILES string of the molecule is Cc1ccccc1/C=N/n1c(-c2ccc(F)cc2)n[nH]c1=S. The number of rotatable bonds is 3. The van der Waals surface area contributed by atoms with E-state index >= 15 is 0 Å². The van der Waals surface area contributed by atoms with Gasteiger partial charge in [0.05, 0.1) is 6.21 Å². The molecule has 0 unspecified atom stereocenters. The Labute approximate surface area is 131 Å². The molecular formula is C16H13FN4S. The van der Waals surface area contributed by atoms with Crippen LogP contribution in [-0.4, -0.2) is 21.1 Å². The largest absolute Gasteiger partial charge is 0.250 e. The van der Waals surface area contributed by atoms with E-state index in [9.17, 15) is 4.39 Å². The van der Waals surface area contributed by atoms with Gasteiger partial charge in [-0.1, -0.05) is 24.3 Å². The summed E-state index contributed by atoms with van der Waals surface area (Å²) in [5, 5.41) is 11.3. The molecule has 3 rings (SSSR count). The van der Waals surface area contributed by atoms with Crippen molar-refractivity contribution in [3.63, 3.8) is 0 Å². The molecule has 6 heteroatoms. The fraction of sp³-hybridized carbons (Fsp3) is 0.0625. The van der Waals surface area contributed by atoms with Crippen molar-refractivity contribution in [2.24, 2.45) is 5.10 Å². The number of benzene rings is 2. The summed E-state index contributed by atoms with van der Waals surface area (Å²) in [7, 11) is 0. The summed E-state index contributed by atoms with van der Waals surface area (Å²) in [5.41, 5.74) is 2.84. The van der Waals surface area contributed by atoms with Crippen molar-refractivity contribution in [2.45, 2.75) is 6.92 Å². The molecule has 0 radical (unpaired) electrons. The molecule has 0 spiro atoms. The van der Waals surface area contributed by atoms with Gasteiger partial charge in [-0.05, 0) is 54.5 Å². The molecule has 4 nitrogen and oxygen atoms in total. The normalized spacial score (nSPS) is 11.2. The van der Waals surface area contributed by atoms with Gasteiger partial charge in [-0.3, -0.25) is 0 Å². The van der Waals surface area contributed by atoms with E-state index in [1.807, 2.05) is 31.2 Å². The van der Waals surface area contributed by atoms with Gasteiger partial charge in [0, 0.05) is 5.56 Å². The first-order chi connectivity index (χ1) is 10.6. The van der Waals surface area contributed by atoms with Gasteiger partial charge in [0.25, 0.3) is 0 Å². The standard InChI is InChI=1S/C16H13FN4S/c1-11-4-2-3-5-13(11)10-18-21-15(19-20-16(21)22)12-6-8-14(17)9-7-12/h2-10H,1H3,(H,20,22)/b18-10+. The molecule has 0 bridgehead atoms. The Balaban J connectivity index is 2.01. The molecule has 1 N–H and O–H groups in total. The van der Waals surface area contributed by atoms with Gasteiger partial charge in [-0.2, -0.15) is 14.9 Å². The molecule has 1 aromatic heterocycles. The summed E-state index contributed by atoms with van der Waals surface area (Å²) >= 11 is 5.20. The Hall–Kier alpha value is -2.60. The predicted molar refractivity (Wildman–Crippen MR) is 87.0 cm³/mol. The number of hydrogen-bond acceptors (Lipinski definition) is 3. The highest BCUT2D eigenvalue weighted by Gasteiger charge is 2.08. The number of hydrogen-bond donors (Lipinski definition) is 1. The van der Waals surface area contributed by atoms with Gasteiger partial charge in [0.15, 0.2) is 5.82 Å². The summed E-state index contributed by atoms with van der Waals surface area (Å²) in [4.78, 5) is 0. The Kier molecular flexibility index (Phi) is 3.93. The lowest BCUT2D eigenvalue weighted by Crippen LogP contribution is -1.96. The summed E-state index contributed by atoms with van der Waals surface area (Å²) < 4.78 is 14.9. The highest BCUT2D eigenvalue weighted by Crippen LogP contribution is 2.17. The lowest BCUT2D eigenvalue weighted by molar-refractivity contribution is 0.628. The van der Waals surface area contributed by atoms with Crippen LogP contribution in [0, 0.1) is 17.5 Å². The average molecular weight is 312 g/mol. The highest BCUT2D eigenvalue weighted by atomic mass is 32.1. The van der Waals surface area contributed by atoms with Crippen LogP contribution in [0.15, 0.2) is 53.6 Å². The molecule has 22 heavy (non-hydrogen) atoms. The number of nitrogens with zero attached hydrogens (tertiary/aromatic N) is 3. The number of halogens is 1. The number of H-pyrrole nitrogens is 1. The molecule has 110 valence electrons. The van der Waals surface area contributed by atoms with Crippen LogP contribution in [-0.2, 0) is 0 Å². The van der Waals surface area contributed by atoms with E-state index in [1.54, 1.807) is 18.3 Å². The Bertz CT molecular complexity index is 878. The zero-order chi connectivity index (χ0) is 15.5. The van der Waals surface area contributed by atoms with Crippen molar-refractivity contribution in [3.05, 3.63) is 70.2 Å². The molecule has 0 saturated heterocycles. The summed E-state index contributed by atoms with van der Waals surface area (Å²) in [6.45, 7) is 2.01. The summed E-state index contributed by atoms with van der Waals surface area (Å²) in [5.74, 6) is 0.239. The molecule has 0 aliphatic heterocycles. The minimum atomic E-state index is -0.298. The van der Waals surface area contributed by atoms with Crippen LogP contribution in [0.4, 0.5) is 4.39 Å². The lowest BCUT2D eigenvalue weighted by atomic mass is 10.1. The molecule has 2 aromatic carbocycles. The molecule has 0 saturated carbocycles. The summed E-state index contributed by atoms with van der Waals surface area (Å²) in [6.07, 6.45) is 1.73. The van der Waals surface area contributed by atoms with Crippen LogP contribution < -0.4 is 0 Å². The summed E-state index contributed by atoms with van der Waals surface area (Å²) in [6, 6.07) is 13.9. The zero-order valence-electron chi connectivity index (χ0n) is 11.8. The maximum absolute atomic E-state index is 13.0. The van der Waals surface area contributed by atoms with Crippen LogP contribution in [0.25, 0.3) is 11.4 Å². The van der Waals surface area contributed by atoms with E-state index in [0.717, 1.165) is 16.7 Å². The molecular weight excluding hydrogens is 299 g/mol. The van der Waals surface area contributed by atoms with E-state index in [4.69, 9.17) is 12.2 Å². The molecule has 0 aliphatic carbocycles. The minimum absolute atomic E-state index is 0.298. The van der Waals surface area contributed by atoms with Crippen molar-refractivity contribution in [1.82, 2.24) is 14.9 Å². The molecule has 0 fully saturated rings. The Morgan fingerprint density at radius 3 is 2.64 bits per heavy atom. The molecule has 0 amide bonds. The topological polar surface area (TPSA) is 46.0 Å². The second kappa shape index (κ2) is 6.03. The van der Waals surface area contributed by atoms with Crippen LogP contribution in [0.2, 0.25) is 0 Å². The van der Waals surface area contributed by atoms with Crippen molar-refractivity contribution >= 4 is 18.4 Å². The monoisotopic (exact) mass is 312 g/mol. The Morgan fingerprint density at radius 2 is 1.91 bits per heavy atom. The third-order valence-electron chi connectivity index (χ3n) is 3.25.